The molecule has 1 aromatic carbocycles. The molecule has 0 aliphatic rings. The van der Waals surface area contributed by atoms with Crippen molar-refractivity contribution in [2.45, 2.75) is 12.8 Å². The summed E-state index contributed by atoms with van der Waals surface area (Å²) < 4.78 is 38.7. The lowest BCUT2D eigenvalue weighted by atomic mass is 10.0. The van der Waals surface area contributed by atoms with Gasteiger partial charge in [0.05, 0.1) is 27.9 Å². The molecule has 0 bridgehead atoms. The number of aromatic nitrogens is 1. The third kappa shape index (κ3) is 2.75. The molecule has 1 N–H and O–H groups in total. The summed E-state index contributed by atoms with van der Waals surface area (Å²) >= 11 is 11.8. The van der Waals surface area contributed by atoms with Crippen molar-refractivity contribution in [3.8, 4) is 11.3 Å². The number of pyridine rings is 1. The average molecular weight is 322 g/mol. The Bertz CT molecular complexity index is 644. The molecule has 0 aliphatic heterocycles. The van der Waals surface area contributed by atoms with Crippen LogP contribution in [0.1, 0.15) is 11.1 Å². The van der Waals surface area contributed by atoms with Crippen LogP contribution in [0.2, 0.25) is 10.0 Å². The number of aliphatic hydroxyl groups excluding tert-OH is 1. The van der Waals surface area contributed by atoms with E-state index >= 15 is 0 Å². The highest BCUT2D eigenvalue weighted by Crippen LogP contribution is 2.39. The molecule has 0 saturated heterocycles. The predicted octanol–water partition coefficient (Wildman–Crippen LogP) is 4.57. The molecule has 2 rings (SSSR count). The SMILES string of the molecule is OCc1c(C(F)(F)F)ccnc1-c1cccc(Cl)c1Cl. The van der Waals surface area contributed by atoms with E-state index in [1.54, 1.807) is 6.07 Å². The van der Waals surface area contributed by atoms with E-state index in [1.807, 2.05) is 0 Å². The molecule has 0 spiro atoms. The van der Waals surface area contributed by atoms with Crippen molar-refractivity contribution in [2.75, 3.05) is 0 Å². The molecule has 2 aromatic rings. The minimum Gasteiger partial charge on any atom is -0.392 e. The van der Waals surface area contributed by atoms with E-state index in [0.717, 1.165) is 12.3 Å². The summed E-state index contributed by atoms with van der Waals surface area (Å²) in [7, 11) is 0. The zero-order chi connectivity index (χ0) is 14.9. The largest absolute Gasteiger partial charge is 0.416 e. The molecule has 20 heavy (non-hydrogen) atoms. The van der Waals surface area contributed by atoms with Crippen molar-refractivity contribution in [3.05, 3.63) is 51.6 Å². The van der Waals surface area contributed by atoms with Crippen LogP contribution >= 0.6 is 23.2 Å². The minimum absolute atomic E-state index is 0.0326. The van der Waals surface area contributed by atoms with Crippen molar-refractivity contribution in [3.63, 3.8) is 0 Å². The average Bonchev–Trinajstić information content (AvgIpc) is 2.40. The molecule has 0 unspecified atom stereocenters. The van der Waals surface area contributed by atoms with Gasteiger partial charge in [-0.05, 0) is 12.1 Å². The Morgan fingerprint density at radius 1 is 1.15 bits per heavy atom. The molecule has 0 aliphatic carbocycles. The van der Waals surface area contributed by atoms with Crippen LogP contribution in [0.25, 0.3) is 11.3 Å². The summed E-state index contributed by atoms with van der Waals surface area (Å²) in [5.74, 6) is 0. The highest BCUT2D eigenvalue weighted by atomic mass is 35.5. The number of rotatable bonds is 2. The number of aliphatic hydroxyl groups is 1. The van der Waals surface area contributed by atoms with E-state index in [2.05, 4.69) is 4.98 Å². The molecule has 1 aromatic heterocycles. The molecule has 1 heterocycles. The van der Waals surface area contributed by atoms with Crippen molar-refractivity contribution in [1.82, 2.24) is 4.98 Å². The zero-order valence-corrected chi connectivity index (χ0v) is 11.4. The first-order chi connectivity index (χ1) is 9.36. The maximum absolute atomic E-state index is 12.9. The van der Waals surface area contributed by atoms with Gasteiger partial charge >= 0.3 is 6.18 Å². The third-order valence-electron chi connectivity index (χ3n) is 2.73. The Kier molecular flexibility index (Phi) is 4.22. The number of halogens is 5. The van der Waals surface area contributed by atoms with Gasteiger partial charge in [0.15, 0.2) is 0 Å². The van der Waals surface area contributed by atoms with Crippen LogP contribution in [0.5, 0.6) is 0 Å². The lowest BCUT2D eigenvalue weighted by molar-refractivity contribution is -0.138. The van der Waals surface area contributed by atoms with Gasteiger partial charge in [-0.3, -0.25) is 4.98 Å². The van der Waals surface area contributed by atoms with Gasteiger partial charge < -0.3 is 5.11 Å². The monoisotopic (exact) mass is 321 g/mol. The Balaban J connectivity index is 2.72. The van der Waals surface area contributed by atoms with Crippen LogP contribution in [0.4, 0.5) is 13.2 Å². The van der Waals surface area contributed by atoms with Gasteiger partial charge in [0.2, 0.25) is 0 Å². The summed E-state index contributed by atoms with van der Waals surface area (Å²) in [6, 6.07) is 5.37. The second-order valence-corrected chi connectivity index (χ2v) is 4.73. The highest BCUT2D eigenvalue weighted by Gasteiger charge is 2.34. The van der Waals surface area contributed by atoms with Gasteiger partial charge in [-0.2, -0.15) is 13.2 Å². The summed E-state index contributed by atoms with van der Waals surface area (Å²) in [6.07, 6.45) is -3.56. The number of hydrogen-bond acceptors (Lipinski definition) is 2. The molecule has 2 nitrogen and oxygen atoms in total. The summed E-state index contributed by atoms with van der Waals surface area (Å²) in [4.78, 5) is 3.89. The molecular formula is C13H8Cl2F3NO. The molecule has 0 radical (unpaired) electrons. The molecular weight excluding hydrogens is 314 g/mol. The second kappa shape index (κ2) is 5.60. The van der Waals surface area contributed by atoms with Crippen LogP contribution in [0.3, 0.4) is 0 Å². The quantitative estimate of drug-likeness (QED) is 0.879. The van der Waals surface area contributed by atoms with E-state index in [0.29, 0.717) is 0 Å². The van der Waals surface area contributed by atoms with Gasteiger partial charge in [0, 0.05) is 17.3 Å². The van der Waals surface area contributed by atoms with Gasteiger partial charge in [-0.15, -0.1) is 0 Å². The highest BCUT2D eigenvalue weighted by molar-refractivity contribution is 6.43. The smallest absolute Gasteiger partial charge is 0.392 e. The number of hydrogen-bond donors (Lipinski definition) is 1. The number of benzene rings is 1. The van der Waals surface area contributed by atoms with E-state index in [4.69, 9.17) is 23.2 Å². The first-order valence-electron chi connectivity index (χ1n) is 5.46. The fourth-order valence-corrected chi connectivity index (χ4v) is 2.23. The minimum atomic E-state index is -4.58. The zero-order valence-electron chi connectivity index (χ0n) is 9.88. The lowest BCUT2D eigenvalue weighted by Crippen LogP contribution is -2.11. The fraction of sp³-hybridized carbons (Fsp3) is 0.154. The number of alkyl halides is 3. The standard InChI is InChI=1S/C13H8Cl2F3NO/c14-10-3-1-2-7(11(10)15)12-8(6-20)9(4-5-19-12)13(16,17)18/h1-5,20H,6H2. The molecule has 7 heteroatoms. The Morgan fingerprint density at radius 3 is 2.45 bits per heavy atom. The fourth-order valence-electron chi connectivity index (χ4n) is 1.84. The number of nitrogens with zero attached hydrogens (tertiary/aromatic N) is 1. The van der Waals surface area contributed by atoms with Crippen LogP contribution in [-0.4, -0.2) is 10.1 Å². The molecule has 0 atom stereocenters. The Morgan fingerprint density at radius 2 is 1.85 bits per heavy atom. The lowest BCUT2D eigenvalue weighted by Gasteiger charge is -2.15. The van der Waals surface area contributed by atoms with Gasteiger partial charge in [0.25, 0.3) is 0 Å². The summed E-state index contributed by atoms with van der Waals surface area (Å²) in [6.45, 7) is -0.805. The Hall–Kier alpha value is -1.30. The topological polar surface area (TPSA) is 33.1 Å². The molecule has 0 fully saturated rings. The molecule has 106 valence electrons. The maximum Gasteiger partial charge on any atom is 0.416 e. The van der Waals surface area contributed by atoms with Gasteiger partial charge in [0.1, 0.15) is 0 Å². The van der Waals surface area contributed by atoms with Crippen LogP contribution in [-0.2, 0) is 12.8 Å². The van der Waals surface area contributed by atoms with E-state index in [1.165, 1.54) is 12.1 Å². The van der Waals surface area contributed by atoms with Crippen LogP contribution in [0, 0.1) is 0 Å². The van der Waals surface area contributed by atoms with Gasteiger partial charge in [-0.25, -0.2) is 0 Å². The predicted molar refractivity (Wildman–Crippen MR) is 70.6 cm³/mol. The van der Waals surface area contributed by atoms with Crippen molar-refractivity contribution < 1.29 is 18.3 Å². The summed E-state index contributed by atoms with van der Waals surface area (Å²) in [5, 5.41) is 9.56. The first kappa shape index (κ1) is 15.1. The van der Waals surface area contributed by atoms with E-state index < -0.39 is 18.3 Å². The normalized spacial score (nSPS) is 11.7. The van der Waals surface area contributed by atoms with Crippen LogP contribution in [0.15, 0.2) is 30.5 Å². The van der Waals surface area contributed by atoms with E-state index in [-0.39, 0.29) is 26.9 Å². The maximum atomic E-state index is 12.9. The second-order valence-electron chi connectivity index (χ2n) is 3.94. The first-order valence-corrected chi connectivity index (χ1v) is 6.22. The van der Waals surface area contributed by atoms with Gasteiger partial charge in [-0.1, -0.05) is 35.3 Å². The Labute approximate surface area is 122 Å². The van der Waals surface area contributed by atoms with Crippen LogP contribution < -0.4 is 0 Å². The van der Waals surface area contributed by atoms with E-state index in [9.17, 15) is 18.3 Å². The molecule has 0 amide bonds. The van der Waals surface area contributed by atoms with Crippen molar-refractivity contribution in [2.24, 2.45) is 0 Å². The van der Waals surface area contributed by atoms with Crippen molar-refractivity contribution in [1.29, 1.82) is 0 Å². The summed E-state index contributed by atoms with van der Waals surface area (Å²) in [5.41, 5.74) is -1.06. The van der Waals surface area contributed by atoms with Crippen molar-refractivity contribution >= 4 is 23.2 Å². The third-order valence-corrected chi connectivity index (χ3v) is 3.54. The molecule has 0 saturated carbocycles.